The predicted octanol–water partition coefficient (Wildman–Crippen LogP) is 5.03. The highest BCUT2D eigenvalue weighted by Crippen LogP contribution is 2.29. The highest BCUT2D eigenvalue weighted by Gasteiger charge is 2.16. The van der Waals surface area contributed by atoms with Gasteiger partial charge in [0.05, 0.1) is 11.0 Å². The number of rotatable bonds is 8. The summed E-state index contributed by atoms with van der Waals surface area (Å²) in [7, 11) is 0. The summed E-state index contributed by atoms with van der Waals surface area (Å²) < 4.78 is 29.4. The van der Waals surface area contributed by atoms with Crippen LogP contribution in [-0.4, -0.2) is 20.3 Å². The van der Waals surface area contributed by atoms with Gasteiger partial charge in [-0.1, -0.05) is 31.5 Å². The van der Waals surface area contributed by atoms with Gasteiger partial charge in [-0.05, 0) is 31.0 Å². The van der Waals surface area contributed by atoms with E-state index in [4.69, 9.17) is 16.5 Å². The monoisotopic (exact) mass is 437 g/mol. The largest absolute Gasteiger partial charge is 0.394 e. The third-order valence-corrected chi connectivity index (χ3v) is 5.69. The zero-order valence-electron chi connectivity index (χ0n) is 17.9. The number of halogens is 2. The predicted molar refractivity (Wildman–Crippen MR) is 122 cm³/mol. The van der Waals surface area contributed by atoms with Crippen LogP contribution in [0.2, 0.25) is 0 Å². The number of carbonyl (C=O) groups excluding carboxylic acids is 1. The zero-order chi connectivity index (χ0) is 22.8. The first-order valence-corrected chi connectivity index (χ1v) is 10.7. The van der Waals surface area contributed by atoms with Gasteiger partial charge in [-0.15, -0.1) is 0 Å². The fourth-order valence-electron chi connectivity index (χ4n) is 4.04. The van der Waals surface area contributed by atoms with Gasteiger partial charge in [0.1, 0.15) is 28.7 Å². The number of aryl methyl sites for hydroxylation is 2. The van der Waals surface area contributed by atoms with Crippen molar-refractivity contribution in [1.82, 2.24) is 14.5 Å². The van der Waals surface area contributed by atoms with Crippen LogP contribution >= 0.6 is 0 Å². The third-order valence-electron chi connectivity index (χ3n) is 5.69. The Hall–Kier alpha value is -3.55. The maximum absolute atomic E-state index is 13.6. The molecule has 0 bridgehead atoms. The summed E-state index contributed by atoms with van der Waals surface area (Å²) in [5, 5.41) is 1.01. The molecule has 6 nitrogen and oxygen atoms in total. The van der Waals surface area contributed by atoms with Crippen LogP contribution in [0, 0.1) is 11.6 Å². The van der Waals surface area contributed by atoms with Crippen LogP contribution in [0.15, 0.2) is 36.4 Å². The maximum Gasteiger partial charge on any atom is 0.163 e. The molecule has 0 aliphatic carbocycles. The van der Waals surface area contributed by atoms with Crippen LogP contribution in [0.5, 0.6) is 0 Å². The van der Waals surface area contributed by atoms with E-state index in [1.807, 2.05) is 31.2 Å². The molecule has 0 atom stereocenters. The second kappa shape index (κ2) is 8.90. The number of carbonyl (C=O) groups is 1. The molecule has 0 aliphatic heterocycles. The van der Waals surface area contributed by atoms with Gasteiger partial charge in [0, 0.05) is 30.3 Å². The number of hydrogen-bond acceptors (Lipinski definition) is 5. The van der Waals surface area contributed by atoms with Crippen LogP contribution in [0.4, 0.5) is 20.3 Å². The Morgan fingerprint density at radius 1 is 1.03 bits per heavy atom. The van der Waals surface area contributed by atoms with Gasteiger partial charge in [0.2, 0.25) is 0 Å². The van der Waals surface area contributed by atoms with Crippen LogP contribution in [-0.2, 0) is 13.0 Å². The molecule has 8 heteroatoms. The van der Waals surface area contributed by atoms with Gasteiger partial charge in [0.15, 0.2) is 11.6 Å². The second-order valence-corrected chi connectivity index (χ2v) is 7.83. The molecule has 0 aliphatic rings. The minimum absolute atomic E-state index is 0.0116. The Labute approximate surface area is 184 Å². The van der Waals surface area contributed by atoms with Crippen molar-refractivity contribution in [3.63, 3.8) is 0 Å². The van der Waals surface area contributed by atoms with Crippen molar-refractivity contribution < 1.29 is 13.6 Å². The number of nitrogens with two attached hydrogens (primary N) is 2. The number of pyridine rings is 1. The molecular formula is C24H25F2N5O. The Balaban J connectivity index is 1.45. The van der Waals surface area contributed by atoms with Crippen molar-refractivity contribution in [1.29, 1.82) is 0 Å². The average molecular weight is 437 g/mol. The molecule has 2 heterocycles. The number of fused-ring (bicyclic) bond motifs is 3. The molecule has 4 N–H and O–H groups in total. The van der Waals surface area contributed by atoms with Gasteiger partial charge in [-0.25, -0.2) is 18.7 Å². The number of para-hydroxylation sites is 1. The van der Waals surface area contributed by atoms with Gasteiger partial charge in [0.25, 0.3) is 0 Å². The minimum atomic E-state index is -0.909. The third kappa shape index (κ3) is 4.00. The molecule has 0 spiro atoms. The van der Waals surface area contributed by atoms with Crippen molar-refractivity contribution >= 4 is 39.2 Å². The van der Waals surface area contributed by atoms with E-state index in [1.165, 1.54) is 0 Å². The van der Waals surface area contributed by atoms with E-state index in [0.717, 1.165) is 60.2 Å². The van der Waals surface area contributed by atoms with Crippen molar-refractivity contribution in [3.05, 3.63) is 59.4 Å². The van der Waals surface area contributed by atoms with Crippen LogP contribution in [0.3, 0.4) is 0 Å². The molecule has 0 amide bonds. The lowest BCUT2D eigenvalue weighted by molar-refractivity contribution is 0.0978. The minimum Gasteiger partial charge on any atom is -0.394 e. The number of Topliss-reactive ketones (excluding diaryl/α,β-unsaturated/α-hetero) is 1. The molecule has 0 radical (unpaired) electrons. The number of ketones is 1. The summed E-state index contributed by atoms with van der Waals surface area (Å²) in [6.07, 6.45) is 3.20. The number of hydrogen-bond donors (Lipinski definition) is 2. The lowest BCUT2D eigenvalue weighted by Gasteiger charge is -2.10. The molecule has 0 unspecified atom stereocenters. The zero-order valence-corrected chi connectivity index (χ0v) is 17.9. The summed E-state index contributed by atoms with van der Waals surface area (Å²) in [5.41, 5.74) is 13.4. The van der Waals surface area contributed by atoms with Crippen LogP contribution in [0.1, 0.15) is 48.8 Å². The normalized spacial score (nSPS) is 11.5. The van der Waals surface area contributed by atoms with E-state index < -0.39 is 17.3 Å². The quantitative estimate of drug-likeness (QED) is 0.229. The van der Waals surface area contributed by atoms with E-state index >= 15 is 0 Å². The highest BCUT2D eigenvalue weighted by atomic mass is 19.1. The van der Waals surface area contributed by atoms with Crippen molar-refractivity contribution in [3.8, 4) is 0 Å². The lowest BCUT2D eigenvalue weighted by Crippen LogP contribution is -2.05. The molecular weight excluding hydrogens is 412 g/mol. The van der Waals surface area contributed by atoms with E-state index in [0.29, 0.717) is 17.8 Å². The van der Waals surface area contributed by atoms with E-state index in [-0.39, 0.29) is 17.8 Å². The highest BCUT2D eigenvalue weighted by molar-refractivity contribution is 6.06. The fraction of sp³-hybridized carbons (Fsp3) is 0.292. The first kappa shape index (κ1) is 21.7. The first-order chi connectivity index (χ1) is 15.4. The first-order valence-electron chi connectivity index (χ1n) is 10.7. The Morgan fingerprint density at radius 2 is 1.75 bits per heavy atom. The van der Waals surface area contributed by atoms with Gasteiger partial charge >= 0.3 is 0 Å². The Bertz CT molecular complexity index is 1290. The number of anilines is 2. The smallest absolute Gasteiger partial charge is 0.163 e. The molecule has 4 aromatic rings. The van der Waals surface area contributed by atoms with Crippen molar-refractivity contribution in [2.24, 2.45) is 0 Å². The Morgan fingerprint density at radius 3 is 2.47 bits per heavy atom. The summed E-state index contributed by atoms with van der Waals surface area (Å²) in [6.45, 7) is 2.78. The number of aromatic nitrogens is 3. The second-order valence-electron chi connectivity index (χ2n) is 7.83. The van der Waals surface area contributed by atoms with Crippen LogP contribution < -0.4 is 11.5 Å². The maximum atomic E-state index is 13.6. The van der Waals surface area contributed by atoms with Gasteiger partial charge < -0.3 is 16.0 Å². The summed E-state index contributed by atoms with van der Waals surface area (Å²) in [6, 6.07) is 9.84. The molecule has 32 heavy (non-hydrogen) atoms. The molecule has 0 fully saturated rings. The number of imidazole rings is 1. The van der Waals surface area contributed by atoms with Gasteiger partial charge in [-0.3, -0.25) is 4.79 Å². The molecule has 2 aromatic carbocycles. The van der Waals surface area contributed by atoms with E-state index in [1.54, 1.807) is 0 Å². The molecule has 0 saturated carbocycles. The van der Waals surface area contributed by atoms with Crippen LogP contribution in [0.25, 0.3) is 21.9 Å². The average Bonchev–Trinajstić information content (AvgIpc) is 3.16. The fourth-order valence-corrected chi connectivity index (χ4v) is 4.04. The van der Waals surface area contributed by atoms with Crippen molar-refractivity contribution in [2.45, 2.75) is 45.6 Å². The van der Waals surface area contributed by atoms with Gasteiger partial charge in [-0.2, -0.15) is 0 Å². The number of nitrogen functional groups attached to an aromatic ring is 2. The van der Waals surface area contributed by atoms with E-state index in [9.17, 15) is 13.6 Å². The lowest BCUT2D eigenvalue weighted by atomic mass is 10.0. The molecule has 2 aromatic heterocycles. The Kier molecular flexibility index (Phi) is 6.03. The number of benzene rings is 2. The summed E-state index contributed by atoms with van der Waals surface area (Å²) in [4.78, 5) is 21.5. The summed E-state index contributed by atoms with van der Waals surface area (Å²) in [5.74, 6) is -0.758. The molecule has 0 saturated heterocycles. The number of unbranched alkanes of at least 4 members (excludes halogenated alkanes) is 2. The van der Waals surface area contributed by atoms with E-state index in [2.05, 4.69) is 9.55 Å². The molecule has 4 rings (SSSR count). The van der Waals surface area contributed by atoms with Crippen molar-refractivity contribution in [2.75, 3.05) is 11.5 Å². The molecule has 166 valence electrons. The summed E-state index contributed by atoms with van der Waals surface area (Å²) >= 11 is 0. The standard InChI is InChI=1S/C24H25F2N5O/c1-2-20-30-22-23(15-8-5-6-9-18(15)29-24(22)28)31(20)11-7-3-4-10-19(32)14-12-16(25)21(27)17(26)13-14/h5-6,8-9,12-13H,2-4,7,10-11,27H2,1H3,(H2,28,29). The SMILES string of the molecule is CCc1nc2c(N)nc3ccccc3c2n1CCCCCC(=O)c1cc(F)c(N)c(F)c1. The topological polar surface area (TPSA) is 99.8 Å². The number of nitrogens with zero attached hydrogens (tertiary/aromatic N) is 3.